The van der Waals surface area contributed by atoms with Gasteiger partial charge in [-0.15, -0.1) is 0 Å². The third-order valence-corrected chi connectivity index (χ3v) is 12.1. The molecular formula is C47H74N2O16. The highest BCUT2D eigenvalue weighted by Gasteiger charge is 2.50. The lowest BCUT2D eigenvalue weighted by Gasteiger charge is -2.45. The minimum atomic E-state index is -2.27. The Labute approximate surface area is 381 Å². The number of fused-ring (bicyclic) bond motifs is 2. The summed E-state index contributed by atoms with van der Waals surface area (Å²) in [5.74, 6) is -6.03. The molecule has 65 heavy (non-hydrogen) atoms. The summed E-state index contributed by atoms with van der Waals surface area (Å²) in [6, 6.07) is -1.13. The van der Waals surface area contributed by atoms with E-state index in [1.807, 2.05) is 37.3 Å². The number of aliphatic hydroxyl groups excluding tert-OH is 9. The van der Waals surface area contributed by atoms with Gasteiger partial charge in [0.25, 0.3) is 0 Å². The minimum absolute atomic E-state index is 0.0953. The van der Waals surface area contributed by atoms with Crippen LogP contribution < -0.4 is 11.5 Å². The number of cyclic esters (lactones) is 1. The Morgan fingerprint density at radius 3 is 1.82 bits per heavy atom. The van der Waals surface area contributed by atoms with Gasteiger partial charge >= 0.3 is 5.97 Å². The van der Waals surface area contributed by atoms with Crippen LogP contribution in [-0.2, 0) is 28.5 Å². The maximum atomic E-state index is 12.7. The molecule has 2 bridgehead atoms. The third-order valence-electron chi connectivity index (χ3n) is 12.1. The highest BCUT2D eigenvalue weighted by molar-refractivity contribution is 5.78. The summed E-state index contributed by atoms with van der Waals surface area (Å²) in [6.45, 7) is 6.77. The van der Waals surface area contributed by atoms with Crippen molar-refractivity contribution in [1.29, 1.82) is 0 Å². The van der Waals surface area contributed by atoms with Gasteiger partial charge in [-0.05, 0) is 33.1 Å². The number of rotatable bonds is 3. The molecule has 0 unspecified atom stereocenters. The van der Waals surface area contributed by atoms with Crippen LogP contribution in [-0.4, -0.2) is 160 Å². The summed E-state index contributed by atoms with van der Waals surface area (Å²) >= 11 is 0. The van der Waals surface area contributed by atoms with Crippen molar-refractivity contribution in [2.24, 2.45) is 29.2 Å². The molecule has 2 saturated heterocycles. The number of hydrogen-bond acceptors (Lipinski definition) is 17. The molecule has 2 fully saturated rings. The SMILES string of the molecule is C[C@@H]1[C@H](O)[C@@H](C)/C=C/C=C/C=C/C=C/C=C/C=C/C=C/[C@H](O[C@@H]2O[C@H](C)[C@@H](O)[C@H](N)[C@@H]2O)C[C@@H]2O[C@](O)(C[C@@H](O)C[C@@H](O)[C@H](O)CC[C@@H](O)C[C@@H](O)CC(=O)O[C@H]1C)C[C@H](O)[C@H]2C(N)=O. The zero-order chi connectivity index (χ0) is 48.4. The molecular weight excluding hydrogens is 849 g/mol. The summed E-state index contributed by atoms with van der Waals surface area (Å²) < 4.78 is 23.3. The smallest absolute Gasteiger partial charge is 0.308 e. The Balaban J connectivity index is 1.86. The largest absolute Gasteiger partial charge is 0.462 e. The summed E-state index contributed by atoms with van der Waals surface area (Å²) in [5, 5.41) is 108. The van der Waals surface area contributed by atoms with Crippen LogP contribution in [0.15, 0.2) is 85.1 Å². The topological polar surface area (TPSA) is 325 Å². The van der Waals surface area contributed by atoms with Crippen molar-refractivity contribution >= 4 is 11.9 Å². The molecule has 0 aliphatic carbocycles. The molecule has 0 radical (unpaired) electrons. The fourth-order valence-electron chi connectivity index (χ4n) is 8.02. The summed E-state index contributed by atoms with van der Waals surface area (Å²) in [6.07, 6.45) is 4.43. The van der Waals surface area contributed by atoms with E-state index in [-0.39, 0.29) is 31.6 Å². The first kappa shape index (κ1) is 55.9. The van der Waals surface area contributed by atoms with Crippen molar-refractivity contribution in [3.63, 3.8) is 0 Å². The van der Waals surface area contributed by atoms with Gasteiger partial charge < -0.3 is 81.5 Å². The predicted octanol–water partition coefficient (Wildman–Crippen LogP) is 0.112. The van der Waals surface area contributed by atoms with Crippen molar-refractivity contribution < 1.29 is 79.6 Å². The Morgan fingerprint density at radius 2 is 1.23 bits per heavy atom. The van der Waals surface area contributed by atoms with Crippen molar-refractivity contribution in [1.82, 2.24) is 0 Å². The lowest BCUT2D eigenvalue weighted by atomic mass is 9.82. The zero-order valence-corrected chi connectivity index (χ0v) is 37.7. The van der Waals surface area contributed by atoms with E-state index in [2.05, 4.69) is 0 Å². The lowest BCUT2D eigenvalue weighted by molar-refractivity contribution is -0.307. The molecule has 3 heterocycles. The van der Waals surface area contributed by atoms with Gasteiger partial charge in [-0.1, -0.05) is 98.9 Å². The number of carbonyl (C=O) groups excluding carboxylic acids is 2. The van der Waals surface area contributed by atoms with Crippen molar-refractivity contribution in [3.8, 4) is 0 Å². The molecule has 3 rings (SSSR count). The molecule has 3 aliphatic rings. The second-order valence-electron chi connectivity index (χ2n) is 17.6. The second-order valence-corrected chi connectivity index (χ2v) is 17.6. The van der Waals surface area contributed by atoms with E-state index in [1.165, 1.54) is 0 Å². The average molecular weight is 923 g/mol. The van der Waals surface area contributed by atoms with Crippen molar-refractivity contribution in [2.45, 2.75) is 177 Å². The molecule has 18 nitrogen and oxygen atoms in total. The van der Waals surface area contributed by atoms with Crippen molar-refractivity contribution in [3.05, 3.63) is 85.1 Å². The fraction of sp³-hybridized carbons (Fsp3) is 0.660. The van der Waals surface area contributed by atoms with Crippen LogP contribution in [0.3, 0.4) is 0 Å². The van der Waals surface area contributed by atoms with Gasteiger partial charge in [0.05, 0.1) is 85.5 Å². The number of esters is 1. The van der Waals surface area contributed by atoms with E-state index in [1.54, 1.807) is 75.5 Å². The number of nitrogens with two attached hydrogens (primary N) is 2. The Bertz CT molecular complexity index is 1670. The van der Waals surface area contributed by atoms with Gasteiger partial charge in [0, 0.05) is 37.5 Å². The quantitative estimate of drug-likeness (QED) is 0.167. The maximum absolute atomic E-state index is 12.7. The van der Waals surface area contributed by atoms with Crippen LogP contribution in [0.5, 0.6) is 0 Å². The van der Waals surface area contributed by atoms with Crippen LogP contribution in [0.2, 0.25) is 0 Å². The first-order valence-electron chi connectivity index (χ1n) is 22.4. The number of amides is 1. The van der Waals surface area contributed by atoms with Gasteiger partial charge in [0.15, 0.2) is 12.1 Å². The van der Waals surface area contributed by atoms with Crippen LogP contribution in [0.4, 0.5) is 0 Å². The molecule has 0 saturated carbocycles. The summed E-state index contributed by atoms with van der Waals surface area (Å²) in [4.78, 5) is 25.3. The van der Waals surface area contributed by atoms with E-state index in [4.69, 9.17) is 30.4 Å². The highest BCUT2D eigenvalue weighted by Crippen LogP contribution is 2.38. The summed E-state index contributed by atoms with van der Waals surface area (Å²) in [5.41, 5.74) is 11.7. The number of hydrogen-bond donors (Lipinski definition) is 12. The second kappa shape index (κ2) is 27.4. The normalized spacial score (nSPS) is 45.5. The van der Waals surface area contributed by atoms with Crippen molar-refractivity contribution in [2.75, 3.05) is 0 Å². The van der Waals surface area contributed by atoms with Gasteiger partial charge in [-0.2, -0.15) is 0 Å². The van der Waals surface area contributed by atoms with Gasteiger partial charge in [-0.3, -0.25) is 9.59 Å². The Kier molecular flexibility index (Phi) is 23.6. The van der Waals surface area contributed by atoms with E-state index in [0.717, 1.165) is 0 Å². The van der Waals surface area contributed by atoms with Crippen LogP contribution in [0, 0.1) is 17.8 Å². The maximum Gasteiger partial charge on any atom is 0.308 e. The standard InChI is InChI=1S/C47H74N2O16/c1-27-17-15-13-11-9-7-5-6-8-10-12-14-16-18-34(64-46-44(59)41(48)43(58)30(4)63-46)24-38-40(45(49)60)37(55)26-47(61,65-38)25-33(52)22-36(54)35(53)20-19-31(50)21-32(51)23-39(56)62-29(3)28(2)42(27)57/h5-18,27-38,40-44,46,50-55,57-59,61H,19-26,48H2,1-4H3,(H2,49,60)/b6-5+,9-7+,10-8+,13-11+,14-12+,17-15+,18-16+/t27-,28-,29-,30+,31+,32+,33-,34-,35+,36+,37-,38-,40+,41-,42+,43+,44-,46-,47+/m0/s1. The molecule has 3 aliphatic heterocycles. The number of aliphatic hydroxyl groups is 10. The molecule has 0 aromatic heterocycles. The van der Waals surface area contributed by atoms with E-state index >= 15 is 0 Å². The first-order chi connectivity index (χ1) is 30.6. The first-order valence-corrected chi connectivity index (χ1v) is 22.4. The Hall–Kier alpha value is -3.44. The Morgan fingerprint density at radius 1 is 0.662 bits per heavy atom. The summed E-state index contributed by atoms with van der Waals surface area (Å²) in [7, 11) is 0. The molecule has 0 spiro atoms. The number of ether oxygens (including phenoxy) is 4. The predicted molar refractivity (Wildman–Crippen MR) is 239 cm³/mol. The third kappa shape index (κ3) is 18.6. The van der Waals surface area contributed by atoms with E-state index in [0.29, 0.717) is 0 Å². The van der Waals surface area contributed by atoms with Gasteiger partial charge in [0.2, 0.25) is 5.91 Å². The van der Waals surface area contributed by atoms with Crippen LogP contribution >= 0.6 is 0 Å². The molecule has 1 amide bonds. The molecule has 14 N–H and O–H groups in total. The molecule has 19 atom stereocenters. The highest BCUT2D eigenvalue weighted by atomic mass is 16.7. The van der Waals surface area contributed by atoms with E-state index in [9.17, 15) is 60.7 Å². The van der Waals surface area contributed by atoms with Gasteiger partial charge in [0.1, 0.15) is 12.2 Å². The zero-order valence-electron chi connectivity index (χ0n) is 37.7. The number of allylic oxidation sites excluding steroid dienone is 12. The minimum Gasteiger partial charge on any atom is -0.462 e. The number of primary amides is 1. The molecule has 0 aromatic carbocycles. The van der Waals surface area contributed by atoms with Crippen LogP contribution in [0.1, 0.15) is 79.1 Å². The van der Waals surface area contributed by atoms with E-state index < -0.39 is 147 Å². The average Bonchev–Trinajstić information content (AvgIpc) is 3.21. The molecule has 18 heteroatoms. The fourth-order valence-corrected chi connectivity index (χ4v) is 8.02. The molecule has 368 valence electrons. The lowest BCUT2D eigenvalue weighted by Crippen LogP contribution is -2.61. The monoisotopic (exact) mass is 923 g/mol. The van der Waals surface area contributed by atoms with Crippen LogP contribution in [0.25, 0.3) is 0 Å². The molecule has 0 aromatic rings. The van der Waals surface area contributed by atoms with Gasteiger partial charge in [-0.25, -0.2) is 0 Å². The number of carbonyl (C=O) groups is 2.